The first-order valence-corrected chi connectivity index (χ1v) is 5.45. The smallest absolute Gasteiger partial charge is 0.138 e. The van der Waals surface area contributed by atoms with Crippen molar-refractivity contribution in [1.82, 2.24) is 0 Å². The molecule has 3 heterocycles. The van der Waals surface area contributed by atoms with Gasteiger partial charge in [0, 0.05) is 0 Å². The first-order valence-electron chi connectivity index (χ1n) is 5.45. The molecule has 17 heavy (non-hydrogen) atoms. The van der Waals surface area contributed by atoms with E-state index >= 15 is 0 Å². The van der Waals surface area contributed by atoms with Crippen molar-refractivity contribution in [2.45, 2.75) is 13.8 Å². The number of hydrogen-bond acceptors (Lipinski definition) is 3. The van der Waals surface area contributed by atoms with Gasteiger partial charge in [-0.2, -0.15) is 0 Å². The van der Waals surface area contributed by atoms with Crippen molar-refractivity contribution < 1.29 is 13.3 Å². The predicted molar refractivity (Wildman–Crippen MR) is 63.6 cm³/mol. The second-order valence-corrected chi connectivity index (χ2v) is 3.92. The number of aryl methyl sites for hydroxylation is 2. The van der Waals surface area contributed by atoms with E-state index in [9.17, 15) is 0 Å². The quantitative estimate of drug-likeness (QED) is 0.651. The van der Waals surface area contributed by atoms with Crippen molar-refractivity contribution in [3.05, 3.63) is 48.3 Å². The SMILES string of the molecule is Cc1oc(C)c(-c2ccco2)c1-c1ccco1. The van der Waals surface area contributed by atoms with E-state index in [0.717, 1.165) is 34.2 Å². The molecule has 3 aromatic rings. The van der Waals surface area contributed by atoms with Crippen molar-refractivity contribution in [3.8, 4) is 22.6 Å². The van der Waals surface area contributed by atoms with Crippen LogP contribution in [0, 0.1) is 13.8 Å². The highest BCUT2D eigenvalue weighted by Crippen LogP contribution is 2.39. The van der Waals surface area contributed by atoms with Crippen LogP contribution < -0.4 is 0 Å². The Morgan fingerprint density at radius 3 is 1.59 bits per heavy atom. The Bertz CT molecular complexity index is 558. The molecule has 0 amide bonds. The highest BCUT2D eigenvalue weighted by Gasteiger charge is 2.21. The second-order valence-electron chi connectivity index (χ2n) is 3.92. The van der Waals surface area contributed by atoms with E-state index in [1.807, 2.05) is 38.1 Å². The summed E-state index contributed by atoms with van der Waals surface area (Å²) >= 11 is 0. The summed E-state index contributed by atoms with van der Waals surface area (Å²) in [5.74, 6) is 3.27. The Hall–Kier alpha value is -2.16. The van der Waals surface area contributed by atoms with Gasteiger partial charge < -0.3 is 13.3 Å². The third-order valence-corrected chi connectivity index (χ3v) is 2.80. The van der Waals surface area contributed by atoms with Gasteiger partial charge in [-0.1, -0.05) is 0 Å². The Morgan fingerprint density at radius 2 is 1.24 bits per heavy atom. The number of rotatable bonds is 2. The van der Waals surface area contributed by atoms with Gasteiger partial charge in [0.1, 0.15) is 23.0 Å². The van der Waals surface area contributed by atoms with Crippen LogP contribution in [0.25, 0.3) is 22.6 Å². The monoisotopic (exact) mass is 228 g/mol. The fraction of sp³-hybridized carbons (Fsp3) is 0.143. The van der Waals surface area contributed by atoms with Gasteiger partial charge in [0.2, 0.25) is 0 Å². The van der Waals surface area contributed by atoms with Gasteiger partial charge >= 0.3 is 0 Å². The van der Waals surface area contributed by atoms with Crippen LogP contribution in [0.4, 0.5) is 0 Å². The summed E-state index contributed by atoms with van der Waals surface area (Å²) in [6, 6.07) is 7.57. The van der Waals surface area contributed by atoms with E-state index in [1.54, 1.807) is 12.5 Å². The normalized spacial score (nSPS) is 10.9. The largest absolute Gasteiger partial charge is 0.465 e. The fourth-order valence-corrected chi connectivity index (χ4v) is 2.12. The first kappa shape index (κ1) is 10.0. The van der Waals surface area contributed by atoms with Gasteiger partial charge in [-0.05, 0) is 38.1 Å². The Balaban J connectivity index is 2.28. The van der Waals surface area contributed by atoms with Crippen molar-refractivity contribution >= 4 is 0 Å². The zero-order valence-corrected chi connectivity index (χ0v) is 9.69. The zero-order chi connectivity index (χ0) is 11.8. The fourth-order valence-electron chi connectivity index (χ4n) is 2.12. The van der Waals surface area contributed by atoms with E-state index in [-0.39, 0.29) is 0 Å². The van der Waals surface area contributed by atoms with Crippen LogP contribution in [0.3, 0.4) is 0 Å². The van der Waals surface area contributed by atoms with E-state index in [1.165, 1.54) is 0 Å². The Kier molecular flexibility index (Phi) is 2.18. The maximum Gasteiger partial charge on any atom is 0.138 e. The molecule has 3 aromatic heterocycles. The maximum atomic E-state index is 5.67. The lowest BCUT2D eigenvalue weighted by molar-refractivity contribution is 0.502. The highest BCUT2D eigenvalue weighted by molar-refractivity contribution is 5.81. The molecule has 0 N–H and O–H groups in total. The topological polar surface area (TPSA) is 39.4 Å². The van der Waals surface area contributed by atoms with Gasteiger partial charge in [-0.3, -0.25) is 0 Å². The molecule has 0 aliphatic carbocycles. The molecule has 0 spiro atoms. The van der Waals surface area contributed by atoms with E-state index in [4.69, 9.17) is 13.3 Å². The summed E-state index contributed by atoms with van der Waals surface area (Å²) in [5.41, 5.74) is 1.92. The summed E-state index contributed by atoms with van der Waals surface area (Å²) in [6.45, 7) is 3.86. The summed E-state index contributed by atoms with van der Waals surface area (Å²) < 4.78 is 16.6. The molecule has 86 valence electrons. The van der Waals surface area contributed by atoms with Crippen molar-refractivity contribution in [3.63, 3.8) is 0 Å². The summed E-state index contributed by atoms with van der Waals surface area (Å²) in [6.07, 6.45) is 3.31. The van der Waals surface area contributed by atoms with Crippen LogP contribution in [0.2, 0.25) is 0 Å². The van der Waals surface area contributed by atoms with Crippen LogP contribution in [0.5, 0.6) is 0 Å². The third kappa shape index (κ3) is 1.51. The van der Waals surface area contributed by atoms with Crippen LogP contribution in [0.15, 0.2) is 50.0 Å². The average Bonchev–Trinajstić information content (AvgIpc) is 2.98. The van der Waals surface area contributed by atoms with Crippen LogP contribution in [-0.4, -0.2) is 0 Å². The lowest BCUT2D eigenvalue weighted by Crippen LogP contribution is -1.80. The van der Waals surface area contributed by atoms with Crippen molar-refractivity contribution in [2.24, 2.45) is 0 Å². The summed E-state index contributed by atoms with van der Waals surface area (Å²) in [5, 5.41) is 0. The molecule has 3 rings (SSSR count). The summed E-state index contributed by atoms with van der Waals surface area (Å²) in [7, 11) is 0. The molecule has 0 aromatic carbocycles. The average molecular weight is 228 g/mol. The minimum Gasteiger partial charge on any atom is -0.465 e. The van der Waals surface area contributed by atoms with E-state index in [2.05, 4.69) is 0 Å². The lowest BCUT2D eigenvalue weighted by atomic mass is 10.0. The van der Waals surface area contributed by atoms with E-state index < -0.39 is 0 Å². The van der Waals surface area contributed by atoms with Gasteiger partial charge in [-0.25, -0.2) is 0 Å². The van der Waals surface area contributed by atoms with Gasteiger partial charge in [0.05, 0.1) is 23.7 Å². The van der Waals surface area contributed by atoms with Crippen molar-refractivity contribution in [2.75, 3.05) is 0 Å². The predicted octanol–water partition coefficient (Wildman–Crippen LogP) is 4.42. The minimum absolute atomic E-state index is 0.797. The zero-order valence-electron chi connectivity index (χ0n) is 9.69. The molecule has 3 nitrogen and oxygen atoms in total. The number of furan rings is 3. The molecule has 0 aliphatic heterocycles. The van der Waals surface area contributed by atoms with Crippen LogP contribution >= 0.6 is 0 Å². The molecule has 0 saturated heterocycles. The van der Waals surface area contributed by atoms with E-state index in [0.29, 0.717) is 0 Å². The molecule has 0 bridgehead atoms. The van der Waals surface area contributed by atoms with Crippen molar-refractivity contribution in [1.29, 1.82) is 0 Å². The standard InChI is InChI=1S/C14H12O3/c1-9-13(11-5-3-7-15-11)14(10(2)17-9)12-6-4-8-16-12/h3-8H,1-2H3. The second kappa shape index (κ2) is 3.70. The minimum atomic E-state index is 0.797. The van der Waals surface area contributed by atoms with Gasteiger partial charge in [0.25, 0.3) is 0 Å². The molecule has 3 heteroatoms. The number of hydrogen-bond donors (Lipinski definition) is 0. The maximum absolute atomic E-state index is 5.67. The van der Waals surface area contributed by atoms with Gasteiger partial charge in [0.15, 0.2) is 0 Å². The van der Waals surface area contributed by atoms with Gasteiger partial charge in [-0.15, -0.1) is 0 Å². The molecule has 0 aliphatic rings. The van der Waals surface area contributed by atoms with Crippen LogP contribution in [-0.2, 0) is 0 Å². The third-order valence-electron chi connectivity index (χ3n) is 2.80. The molecular formula is C14H12O3. The summed E-state index contributed by atoms with van der Waals surface area (Å²) in [4.78, 5) is 0. The molecule has 0 unspecified atom stereocenters. The highest BCUT2D eigenvalue weighted by atomic mass is 16.4. The Morgan fingerprint density at radius 1 is 0.765 bits per heavy atom. The van der Waals surface area contributed by atoms with Crippen LogP contribution in [0.1, 0.15) is 11.5 Å². The lowest BCUT2D eigenvalue weighted by Gasteiger charge is -1.98. The molecule has 0 radical (unpaired) electrons. The molecule has 0 saturated carbocycles. The first-order chi connectivity index (χ1) is 8.27. The Labute approximate surface area is 98.7 Å². The molecule has 0 atom stereocenters. The molecular weight excluding hydrogens is 216 g/mol. The molecule has 0 fully saturated rings.